The van der Waals surface area contributed by atoms with Crippen molar-refractivity contribution in [3.05, 3.63) is 53.1 Å². The molecule has 8 heteroatoms. The van der Waals surface area contributed by atoms with E-state index < -0.39 is 40.3 Å². The molecular weight excluding hydrogens is 320 g/mol. The predicted molar refractivity (Wildman–Crippen MR) is 73.4 cm³/mol. The highest BCUT2D eigenvalue weighted by atomic mass is 32.1. The van der Waals surface area contributed by atoms with E-state index in [1.165, 1.54) is 0 Å². The van der Waals surface area contributed by atoms with Gasteiger partial charge in [-0.25, -0.2) is 22.5 Å². The number of nitrogens with two attached hydrogens (primary N) is 1. The summed E-state index contributed by atoms with van der Waals surface area (Å²) in [5.41, 5.74) is 3.59. The molecule has 2 aromatic carbocycles. The summed E-state index contributed by atoms with van der Waals surface area (Å²) in [5.74, 6) is -9.05. The lowest BCUT2D eigenvalue weighted by molar-refractivity contribution is 0.0995. The van der Waals surface area contributed by atoms with Gasteiger partial charge in [-0.1, -0.05) is 12.1 Å². The van der Waals surface area contributed by atoms with Crippen LogP contribution in [0.5, 0.6) is 0 Å². The molecule has 1 heterocycles. The Balaban J connectivity index is 2.41. The number of amides is 1. The van der Waals surface area contributed by atoms with E-state index in [0.29, 0.717) is 10.2 Å². The van der Waals surface area contributed by atoms with Crippen LogP contribution in [-0.2, 0) is 0 Å². The Morgan fingerprint density at radius 1 is 1.00 bits per heavy atom. The van der Waals surface area contributed by atoms with Gasteiger partial charge in [0.15, 0.2) is 23.3 Å². The van der Waals surface area contributed by atoms with Gasteiger partial charge in [0.05, 0.1) is 21.3 Å². The zero-order valence-electron chi connectivity index (χ0n) is 10.7. The van der Waals surface area contributed by atoms with Crippen molar-refractivity contribution in [3.63, 3.8) is 0 Å². The topological polar surface area (TPSA) is 56.0 Å². The lowest BCUT2D eigenvalue weighted by Crippen LogP contribution is -2.18. The van der Waals surface area contributed by atoms with Crippen LogP contribution in [0.1, 0.15) is 10.4 Å². The van der Waals surface area contributed by atoms with Crippen LogP contribution in [-0.4, -0.2) is 10.9 Å². The summed E-state index contributed by atoms with van der Waals surface area (Å²) in [4.78, 5) is 15.4. The molecule has 0 saturated carbocycles. The third kappa shape index (κ3) is 2.03. The molecule has 0 atom stereocenters. The number of carbonyl (C=O) groups is 1. The molecule has 0 bridgehead atoms. The summed E-state index contributed by atoms with van der Waals surface area (Å²) in [6.45, 7) is 0. The van der Waals surface area contributed by atoms with Crippen molar-refractivity contribution in [2.24, 2.45) is 5.73 Å². The fourth-order valence-corrected chi connectivity index (χ4v) is 3.05. The van der Waals surface area contributed by atoms with Gasteiger partial charge in [0, 0.05) is 0 Å². The fraction of sp³-hybridized carbons (Fsp3) is 0. The van der Waals surface area contributed by atoms with E-state index in [9.17, 15) is 22.4 Å². The third-order valence-electron chi connectivity index (χ3n) is 3.02. The van der Waals surface area contributed by atoms with E-state index in [2.05, 4.69) is 4.98 Å². The Labute approximate surface area is 125 Å². The monoisotopic (exact) mass is 326 g/mol. The standard InChI is InChI=1S/C14H6F4N2OS/c15-9-7(13(19)21)8(10(16)12(18)11(9)17)14-20-5-3-1-2-4-6(5)22-14/h1-4H,(H2,19,21). The van der Waals surface area contributed by atoms with E-state index in [1.807, 2.05) is 0 Å². The van der Waals surface area contributed by atoms with Crippen LogP contribution in [0, 0.1) is 23.3 Å². The second kappa shape index (κ2) is 5.06. The van der Waals surface area contributed by atoms with Gasteiger partial charge >= 0.3 is 0 Å². The van der Waals surface area contributed by atoms with Crippen LogP contribution in [0.25, 0.3) is 20.8 Å². The fourth-order valence-electron chi connectivity index (χ4n) is 2.04. The lowest BCUT2D eigenvalue weighted by Gasteiger charge is -2.08. The van der Waals surface area contributed by atoms with Crippen molar-refractivity contribution in [1.82, 2.24) is 4.98 Å². The summed E-state index contributed by atoms with van der Waals surface area (Å²) >= 11 is 0.905. The minimum Gasteiger partial charge on any atom is -0.365 e. The summed E-state index contributed by atoms with van der Waals surface area (Å²) in [6.07, 6.45) is 0. The van der Waals surface area contributed by atoms with E-state index in [0.717, 1.165) is 11.3 Å². The quantitative estimate of drug-likeness (QED) is 0.444. The Morgan fingerprint density at radius 2 is 1.64 bits per heavy atom. The minimum atomic E-state index is -2.09. The van der Waals surface area contributed by atoms with Gasteiger partial charge in [0.2, 0.25) is 0 Å². The molecule has 3 nitrogen and oxygen atoms in total. The molecule has 1 amide bonds. The molecule has 112 valence electrons. The number of halogens is 4. The van der Waals surface area contributed by atoms with Crippen molar-refractivity contribution in [1.29, 1.82) is 0 Å². The maximum Gasteiger partial charge on any atom is 0.252 e. The van der Waals surface area contributed by atoms with Crippen LogP contribution in [0.15, 0.2) is 24.3 Å². The molecule has 0 aliphatic rings. The number of carbonyl (C=O) groups excluding carboxylic acids is 1. The average molecular weight is 326 g/mol. The highest BCUT2D eigenvalue weighted by molar-refractivity contribution is 7.21. The average Bonchev–Trinajstić information content (AvgIpc) is 2.91. The molecule has 0 aliphatic carbocycles. The zero-order valence-corrected chi connectivity index (χ0v) is 11.5. The van der Waals surface area contributed by atoms with E-state index in [1.54, 1.807) is 24.3 Å². The molecule has 2 N–H and O–H groups in total. The lowest BCUT2D eigenvalue weighted by atomic mass is 10.0. The van der Waals surface area contributed by atoms with Crippen LogP contribution < -0.4 is 5.73 Å². The number of para-hydroxylation sites is 1. The van der Waals surface area contributed by atoms with E-state index in [4.69, 9.17) is 5.73 Å². The van der Waals surface area contributed by atoms with E-state index >= 15 is 0 Å². The molecule has 3 rings (SSSR count). The number of benzene rings is 2. The second-order valence-electron chi connectivity index (χ2n) is 4.36. The number of hydrogen-bond acceptors (Lipinski definition) is 3. The third-order valence-corrected chi connectivity index (χ3v) is 4.08. The van der Waals surface area contributed by atoms with Crippen molar-refractivity contribution >= 4 is 27.5 Å². The number of hydrogen-bond donors (Lipinski definition) is 1. The Kier molecular flexibility index (Phi) is 3.32. The minimum absolute atomic E-state index is 0.162. The van der Waals surface area contributed by atoms with Crippen LogP contribution >= 0.6 is 11.3 Å². The van der Waals surface area contributed by atoms with Gasteiger partial charge in [-0.15, -0.1) is 11.3 Å². The van der Waals surface area contributed by atoms with Gasteiger partial charge < -0.3 is 5.73 Å². The van der Waals surface area contributed by atoms with Crippen LogP contribution in [0.2, 0.25) is 0 Å². The van der Waals surface area contributed by atoms with Crippen molar-refractivity contribution in [3.8, 4) is 10.6 Å². The van der Waals surface area contributed by atoms with Gasteiger partial charge in [-0.3, -0.25) is 4.79 Å². The first kappa shape index (κ1) is 14.5. The van der Waals surface area contributed by atoms with Crippen molar-refractivity contribution < 1.29 is 22.4 Å². The van der Waals surface area contributed by atoms with Crippen molar-refractivity contribution in [2.45, 2.75) is 0 Å². The molecule has 0 aliphatic heterocycles. The number of aromatic nitrogens is 1. The SMILES string of the molecule is NC(=O)c1c(F)c(F)c(F)c(F)c1-c1nc2ccccc2s1. The summed E-state index contributed by atoms with van der Waals surface area (Å²) in [5, 5.41) is -0.162. The van der Waals surface area contributed by atoms with Gasteiger partial charge in [-0.2, -0.15) is 0 Å². The largest absolute Gasteiger partial charge is 0.365 e. The molecule has 0 spiro atoms. The van der Waals surface area contributed by atoms with E-state index in [-0.39, 0.29) is 5.01 Å². The smallest absolute Gasteiger partial charge is 0.252 e. The molecule has 0 saturated heterocycles. The molecular formula is C14H6F4N2OS. The maximum absolute atomic E-state index is 14.1. The highest BCUT2D eigenvalue weighted by Gasteiger charge is 2.30. The second-order valence-corrected chi connectivity index (χ2v) is 5.39. The summed E-state index contributed by atoms with van der Waals surface area (Å²) in [6, 6.07) is 6.63. The number of rotatable bonds is 2. The molecule has 0 unspecified atom stereocenters. The van der Waals surface area contributed by atoms with Gasteiger partial charge in [0.1, 0.15) is 5.01 Å². The first-order valence-electron chi connectivity index (χ1n) is 5.93. The normalized spacial score (nSPS) is 11.1. The molecule has 1 aromatic heterocycles. The number of nitrogens with zero attached hydrogens (tertiary/aromatic N) is 1. The Morgan fingerprint density at radius 3 is 2.27 bits per heavy atom. The van der Waals surface area contributed by atoms with Gasteiger partial charge in [-0.05, 0) is 12.1 Å². The van der Waals surface area contributed by atoms with Gasteiger partial charge in [0.25, 0.3) is 5.91 Å². The van der Waals surface area contributed by atoms with Crippen LogP contribution in [0.3, 0.4) is 0 Å². The molecule has 0 fully saturated rings. The number of thiazole rings is 1. The molecule has 22 heavy (non-hydrogen) atoms. The van der Waals surface area contributed by atoms with Crippen LogP contribution in [0.4, 0.5) is 17.6 Å². The van der Waals surface area contributed by atoms with Crippen molar-refractivity contribution in [2.75, 3.05) is 0 Å². The highest BCUT2D eigenvalue weighted by Crippen LogP contribution is 2.36. The molecule has 3 aromatic rings. The number of fused-ring (bicyclic) bond motifs is 1. The first-order chi connectivity index (χ1) is 10.4. The zero-order chi connectivity index (χ0) is 16.0. The summed E-state index contributed by atoms with van der Waals surface area (Å²) in [7, 11) is 0. The Bertz CT molecular complexity index is 890. The summed E-state index contributed by atoms with van der Waals surface area (Å²) < 4.78 is 55.2. The Hall–Kier alpha value is -2.48. The molecule has 0 radical (unpaired) electrons. The first-order valence-corrected chi connectivity index (χ1v) is 6.75. The predicted octanol–water partition coefficient (Wildman–Crippen LogP) is 3.62. The number of primary amides is 1. The maximum atomic E-state index is 14.1.